The lowest BCUT2D eigenvalue weighted by Crippen LogP contribution is -2.35. The molecule has 1 saturated heterocycles. The first-order valence-electron chi connectivity index (χ1n) is 9.03. The van der Waals surface area contributed by atoms with Gasteiger partial charge in [-0.25, -0.2) is 4.98 Å². The number of halogens is 6. The number of benzene rings is 1. The highest BCUT2D eigenvalue weighted by atomic mass is 19.4. The largest absolute Gasteiger partial charge is 0.433 e. The first kappa shape index (κ1) is 20.9. The lowest BCUT2D eigenvalue weighted by atomic mass is 9.87. The number of rotatable bonds is 4. The summed E-state index contributed by atoms with van der Waals surface area (Å²) in [4.78, 5) is 3.29. The van der Waals surface area contributed by atoms with Crippen molar-refractivity contribution < 1.29 is 31.4 Å². The molecule has 0 amide bonds. The monoisotopic (exact) mass is 406 g/mol. The highest BCUT2D eigenvalue weighted by molar-refractivity contribution is 5.86. The first-order valence-corrected chi connectivity index (χ1v) is 9.03. The Kier molecular flexibility index (Phi) is 5.86. The van der Waals surface area contributed by atoms with Crippen LogP contribution in [0.3, 0.4) is 0 Å². The van der Waals surface area contributed by atoms with E-state index in [0.717, 1.165) is 44.0 Å². The molecule has 0 radical (unpaired) electrons. The summed E-state index contributed by atoms with van der Waals surface area (Å²) < 4.78 is 80.1. The molecule has 2 atom stereocenters. The Bertz CT molecular complexity index is 828. The van der Waals surface area contributed by atoms with Gasteiger partial charge in [0.15, 0.2) is 0 Å². The number of aliphatic hydroxyl groups is 1. The Morgan fingerprint density at radius 3 is 2.43 bits per heavy atom. The maximum absolute atomic E-state index is 13.4. The maximum atomic E-state index is 13.4. The number of fused-ring (bicyclic) bond motifs is 1. The van der Waals surface area contributed by atoms with Gasteiger partial charge in [0.2, 0.25) is 0 Å². The SMILES string of the molecule is OCC(CC1CCCCN1)c1cc(C(F)(F)F)nc2c(C(F)(F)F)cccc12. The molecule has 2 N–H and O–H groups in total. The van der Waals surface area contributed by atoms with Crippen molar-refractivity contribution in [2.45, 2.75) is 50.0 Å². The molecule has 3 rings (SSSR count). The van der Waals surface area contributed by atoms with E-state index in [1.165, 1.54) is 6.07 Å². The summed E-state index contributed by atoms with van der Waals surface area (Å²) in [6, 6.07) is 3.96. The molecule has 2 heterocycles. The molecule has 0 aliphatic carbocycles. The normalized spacial score (nSPS) is 19.8. The van der Waals surface area contributed by atoms with Gasteiger partial charge in [0.1, 0.15) is 5.69 Å². The van der Waals surface area contributed by atoms with Crippen molar-refractivity contribution in [3.8, 4) is 0 Å². The van der Waals surface area contributed by atoms with Crippen LogP contribution in [0.15, 0.2) is 24.3 Å². The predicted molar refractivity (Wildman–Crippen MR) is 91.8 cm³/mol. The first-order chi connectivity index (χ1) is 13.1. The van der Waals surface area contributed by atoms with Crippen molar-refractivity contribution in [2.75, 3.05) is 13.2 Å². The van der Waals surface area contributed by atoms with Gasteiger partial charge in [-0.15, -0.1) is 0 Å². The summed E-state index contributed by atoms with van der Waals surface area (Å²) >= 11 is 0. The van der Waals surface area contributed by atoms with Gasteiger partial charge in [-0.05, 0) is 43.5 Å². The molecule has 1 aliphatic rings. The smallest absolute Gasteiger partial charge is 0.396 e. The lowest BCUT2D eigenvalue weighted by molar-refractivity contribution is -0.142. The highest BCUT2D eigenvalue weighted by Crippen LogP contribution is 2.40. The van der Waals surface area contributed by atoms with Gasteiger partial charge in [-0.1, -0.05) is 18.6 Å². The van der Waals surface area contributed by atoms with E-state index in [0.29, 0.717) is 6.42 Å². The number of para-hydroxylation sites is 1. The minimum atomic E-state index is -4.90. The van der Waals surface area contributed by atoms with E-state index in [9.17, 15) is 31.4 Å². The van der Waals surface area contributed by atoms with E-state index in [1.54, 1.807) is 0 Å². The molecule has 0 bridgehead atoms. The average molecular weight is 406 g/mol. The number of nitrogens with zero attached hydrogens (tertiary/aromatic N) is 1. The fraction of sp³-hybridized carbons (Fsp3) is 0.526. The number of alkyl halides is 6. The van der Waals surface area contributed by atoms with Crippen LogP contribution in [0, 0.1) is 0 Å². The second kappa shape index (κ2) is 7.87. The Balaban J connectivity index is 2.16. The van der Waals surface area contributed by atoms with Gasteiger partial charge in [0.05, 0.1) is 17.7 Å². The third-order valence-corrected chi connectivity index (χ3v) is 5.11. The second-order valence-corrected chi connectivity index (χ2v) is 7.06. The van der Waals surface area contributed by atoms with Crippen molar-refractivity contribution >= 4 is 10.9 Å². The molecular formula is C19H20F6N2O. The van der Waals surface area contributed by atoms with Crippen LogP contribution in [-0.4, -0.2) is 29.3 Å². The highest BCUT2D eigenvalue weighted by Gasteiger charge is 2.38. The molecule has 28 heavy (non-hydrogen) atoms. The molecule has 1 aromatic carbocycles. The summed E-state index contributed by atoms with van der Waals surface area (Å²) in [5, 5.41) is 13.1. The molecule has 2 aromatic rings. The van der Waals surface area contributed by atoms with Crippen LogP contribution >= 0.6 is 0 Å². The van der Waals surface area contributed by atoms with Crippen molar-refractivity contribution in [1.29, 1.82) is 0 Å². The summed E-state index contributed by atoms with van der Waals surface area (Å²) in [6.45, 7) is 0.302. The van der Waals surface area contributed by atoms with Crippen molar-refractivity contribution in [2.24, 2.45) is 0 Å². The third kappa shape index (κ3) is 4.41. The Morgan fingerprint density at radius 2 is 1.86 bits per heavy atom. The fourth-order valence-electron chi connectivity index (χ4n) is 3.75. The molecule has 9 heteroatoms. The molecule has 1 aromatic heterocycles. The van der Waals surface area contributed by atoms with Crippen LogP contribution in [0.5, 0.6) is 0 Å². The van der Waals surface area contributed by atoms with Crippen molar-refractivity contribution in [3.05, 3.63) is 41.1 Å². The van der Waals surface area contributed by atoms with Gasteiger partial charge in [-0.3, -0.25) is 0 Å². The van der Waals surface area contributed by atoms with E-state index >= 15 is 0 Å². The number of pyridine rings is 1. The topological polar surface area (TPSA) is 45.1 Å². The molecule has 154 valence electrons. The minimum absolute atomic E-state index is 0.00532. The second-order valence-electron chi connectivity index (χ2n) is 7.06. The standard InChI is InChI=1S/C19H20F6N2O/c20-18(21,22)15-6-3-5-13-14(9-16(19(23,24)25)27-17(13)15)11(10-28)8-12-4-1-2-7-26-12/h3,5-6,9,11-12,26,28H,1-2,4,7-8,10H2. The average Bonchev–Trinajstić information content (AvgIpc) is 2.64. The lowest BCUT2D eigenvalue weighted by Gasteiger charge is -2.28. The van der Waals surface area contributed by atoms with Crippen LogP contribution in [0.25, 0.3) is 10.9 Å². The number of aromatic nitrogens is 1. The number of hydrogen-bond acceptors (Lipinski definition) is 3. The molecule has 3 nitrogen and oxygen atoms in total. The van der Waals surface area contributed by atoms with Crippen LogP contribution < -0.4 is 5.32 Å². The number of hydrogen-bond donors (Lipinski definition) is 2. The van der Waals surface area contributed by atoms with E-state index < -0.39 is 41.7 Å². The zero-order chi connectivity index (χ0) is 20.5. The zero-order valence-corrected chi connectivity index (χ0v) is 14.9. The molecule has 1 fully saturated rings. The molecule has 0 spiro atoms. The van der Waals surface area contributed by atoms with E-state index in [-0.39, 0.29) is 17.0 Å². The Morgan fingerprint density at radius 1 is 1.11 bits per heavy atom. The van der Waals surface area contributed by atoms with Crippen LogP contribution in [0.2, 0.25) is 0 Å². The van der Waals surface area contributed by atoms with E-state index in [4.69, 9.17) is 0 Å². The molecular weight excluding hydrogens is 386 g/mol. The Hall–Kier alpha value is -1.87. The molecule has 1 aliphatic heterocycles. The summed E-state index contributed by atoms with van der Waals surface area (Å²) in [6.07, 6.45) is -6.65. The Labute approximate surface area is 157 Å². The van der Waals surface area contributed by atoms with Crippen molar-refractivity contribution in [3.63, 3.8) is 0 Å². The van der Waals surface area contributed by atoms with Gasteiger partial charge < -0.3 is 10.4 Å². The number of aliphatic hydroxyl groups excluding tert-OH is 1. The zero-order valence-electron chi connectivity index (χ0n) is 14.9. The van der Waals surface area contributed by atoms with E-state index in [2.05, 4.69) is 10.3 Å². The maximum Gasteiger partial charge on any atom is 0.433 e. The van der Waals surface area contributed by atoms with E-state index in [1.807, 2.05) is 0 Å². The number of piperidine rings is 1. The quantitative estimate of drug-likeness (QED) is 0.712. The molecule has 0 saturated carbocycles. The van der Waals surface area contributed by atoms with Crippen LogP contribution in [0.1, 0.15) is 48.4 Å². The van der Waals surface area contributed by atoms with Crippen LogP contribution in [-0.2, 0) is 12.4 Å². The molecule has 2 unspecified atom stereocenters. The predicted octanol–water partition coefficient (Wildman–Crippen LogP) is 4.88. The van der Waals surface area contributed by atoms with Crippen molar-refractivity contribution in [1.82, 2.24) is 10.3 Å². The third-order valence-electron chi connectivity index (χ3n) is 5.11. The summed E-state index contributed by atoms with van der Waals surface area (Å²) in [7, 11) is 0. The summed E-state index contributed by atoms with van der Waals surface area (Å²) in [5.74, 6) is -0.731. The number of nitrogens with one attached hydrogen (secondary N) is 1. The van der Waals surface area contributed by atoms with Gasteiger partial charge in [-0.2, -0.15) is 26.3 Å². The van der Waals surface area contributed by atoms with Gasteiger partial charge >= 0.3 is 12.4 Å². The minimum Gasteiger partial charge on any atom is -0.396 e. The fourth-order valence-corrected chi connectivity index (χ4v) is 3.75. The van der Waals surface area contributed by atoms with Gasteiger partial charge in [0.25, 0.3) is 0 Å². The van der Waals surface area contributed by atoms with Gasteiger partial charge in [0, 0.05) is 17.3 Å². The summed E-state index contributed by atoms with van der Waals surface area (Å²) in [5.41, 5.74) is -3.31. The van der Waals surface area contributed by atoms with Crippen LogP contribution in [0.4, 0.5) is 26.3 Å².